The van der Waals surface area contributed by atoms with E-state index < -0.39 is 0 Å². The Kier molecular flexibility index (Phi) is 2.10. The number of aryl methyl sites for hydroxylation is 1. The molecule has 0 amide bonds. The molecule has 1 nitrogen and oxygen atoms in total. The Labute approximate surface area is 82.2 Å². The lowest BCUT2D eigenvalue weighted by Gasteiger charge is -2.05. The molecule has 2 N–H and O–H groups in total. The van der Waals surface area contributed by atoms with E-state index in [1.54, 1.807) is 0 Å². The average Bonchev–Trinajstić information content (AvgIpc) is 2.43. The molecule has 2 heteroatoms. The fourth-order valence-electron chi connectivity index (χ4n) is 1.57. The van der Waals surface area contributed by atoms with Crippen molar-refractivity contribution in [2.24, 2.45) is 5.73 Å². The summed E-state index contributed by atoms with van der Waals surface area (Å²) in [7, 11) is 0. The number of nitrogens with two attached hydrogens (primary N) is 1. The Bertz CT molecular complexity index is 429. The van der Waals surface area contributed by atoms with Crippen LogP contribution in [0.4, 0.5) is 0 Å². The molecule has 1 atom stereocenters. The molecule has 0 aliphatic rings. The van der Waals surface area contributed by atoms with Gasteiger partial charge in [-0.05, 0) is 30.9 Å². The quantitative estimate of drug-likeness (QED) is 0.735. The third-order valence-corrected chi connectivity index (χ3v) is 3.30. The van der Waals surface area contributed by atoms with Crippen molar-refractivity contribution in [1.29, 1.82) is 0 Å². The van der Waals surface area contributed by atoms with Gasteiger partial charge in [0.1, 0.15) is 0 Å². The molecule has 2 aromatic rings. The van der Waals surface area contributed by atoms with Crippen LogP contribution in [0, 0.1) is 6.92 Å². The van der Waals surface area contributed by atoms with Gasteiger partial charge in [-0.3, -0.25) is 0 Å². The molecule has 1 aromatic heterocycles. The first-order valence-corrected chi connectivity index (χ1v) is 5.25. The first-order valence-electron chi connectivity index (χ1n) is 4.43. The fraction of sp³-hybridized carbons (Fsp3) is 0.273. The first kappa shape index (κ1) is 8.73. The van der Waals surface area contributed by atoms with E-state index in [0.717, 1.165) is 0 Å². The molecule has 13 heavy (non-hydrogen) atoms. The highest BCUT2D eigenvalue weighted by Gasteiger charge is 2.06. The molecule has 1 aromatic carbocycles. The second kappa shape index (κ2) is 3.13. The van der Waals surface area contributed by atoms with Crippen LogP contribution in [0.25, 0.3) is 10.1 Å². The summed E-state index contributed by atoms with van der Waals surface area (Å²) in [6, 6.07) is 8.67. The van der Waals surface area contributed by atoms with Crippen LogP contribution in [-0.4, -0.2) is 0 Å². The monoisotopic (exact) mass is 191 g/mol. The van der Waals surface area contributed by atoms with Crippen LogP contribution in [0.5, 0.6) is 0 Å². The van der Waals surface area contributed by atoms with Gasteiger partial charge in [-0.2, -0.15) is 0 Å². The zero-order valence-electron chi connectivity index (χ0n) is 7.87. The molecule has 2 rings (SSSR count). The minimum absolute atomic E-state index is 0.127. The lowest BCUT2D eigenvalue weighted by atomic mass is 10.1. The second-order valence-electron chi connectivity index (χ2n) is 3.41. The molecule has 1 unspecified atom stereocenters. The summed E-state index contributed by atoms with van der Waals surface area (Å²) in [6.45, 7) is 4.17. The van der Waals surface area contributed by atoms with Gasteiger partial charge in [0, 0.05) is 15.6 Å². The lowest BCUT2D eigenvalue weighted by molar-refractivity contribution is 0.828. The van der Waals surface area contributed by atoms with Crippen molar-refractivity contribution < 1.29 is 0 Å². The van der Waals surface area contributed by atoms with E-state index in [0.29, 0.717) is 0 Å². The van der Waals surface area contributed by atoms with Crippen molar-refractivity contribution in [2.75, 3.05) is 0 Å². The Morgan fingerprint density at radius 1 is 1.38 bits per heavy atom. The molecule has 0 spiro atoms. The van der Waals surface area contributed by atoms with Gasteiger partial charge in [-0.1, -0.05) is 18.2 Å². The summed E-state index contributed by atoms with van der Waals surface area (Å²) >= 11 is 1.83. The van der Waals surface area contributed by atoms with Crippen LogP contribution >= 0.6 is 11.3 Å². The SMILES string of the molecule is Cc1cc2cccc(C(C)N)c2s1. The summed E-state index contributed by atoms with van der Waals surface area (Å²) in [4.78, 5) is 1.35. The van der Waals surface area contributed by atoms with E-state index in [-0.39, 0.29) is 6.04 Å². The van der Waals surface area contributed by atoms with E-state index in [4.69, 9.17) is 5.73 Å². The van der Waals surface area contributed by atoms with Crippen molar-refractivity contribution in [3.8, 4) is 0 Å². The van der Waals surface area contributed by atoms with Crippen LogP contribution < -0.4 is 5.73 Å². The Balaban J connectivity index is 2.75. The van der Waals surface area contributed by atoms with Crippen molar-refractivity contribution in [1.82, 2.24) is 0 Å². The molecule has 0 aliphatic carbocycles. The van der Waals surface area contributed by atoms with Crippen molar-refractivity contribution in [3.05, 3.63) is 34.7 Å². The highest BCUT2D eigenvalue weighted by Crippen LogP contribution is 2.30. The third kappa shape index (κ3) is 1.47. The maximum atomic E-state index is 5.90. The van der Waals surface area contributed by atoms with Gasteiger partial charge < -0.3 is 5.73 Å². The normalized spacial score (nSPS) is 13.5. The maximum Gasteiger partial charge on any atom is 0.0393 e. The van der Waals surface area contributed by atoms with Crippen LogP contribution in [0.2, 0.25) is 0 Å². The van der Waals surface area contributed by atoms with Crippen LogP contribution in [0.15, 0.2) is 24.3 Å². The predicted octanol–water partition coefficient (Wildman–Crippen LogP) is 3.23. The molecule has 0 saturated heterocycles. The van der Waals surface area contributed by atoms with Gasteiger partial charge in [0.2, 0.25) is 0 Å². The highest BCUT2D eigenvalue weighted by molar-refractivity contribution is 7.19. The Morgan fingerprint density at radius 2 is 2.15 bits per heavy atom. The first-order chi connectivity index (χ1) is 6.18. The topological polar surface area (TPSA) is 26.0 Å². The fourth-order valence-corrected chi connectivity index (χ4v) is 2.70. The van der Waals surface area contributed by atoms with Crippen LogP contribution in [0.1, 0.15) is 23.4 Å². The number of fused-ring (bicyclic) bond motifs is 1. The maximum absolute atomic E-state index is 5.90. The second-order valence-corrected chi connectivity index (χ2v) is 4.67. The molecule has 0 saturated carbocycles. The standard InChI is InChI=1S/C11H13NS/c1-7-6-9-4-3-5-10(8(2)12)11(9)13-7/h3-6,8H,12H2,1-2H3. The number of thiophene rings is 1. The van der Waals surface area contributed by atoms with Gasteiger partial charge in [-0.15, -0.1) is 11.3 Å². The van der Waals surface area contributed by atoms with Crippen LogP contribution in [0.3, 0.4) is 0 Å². The number of benzene rings is 1. The summed E-state index contributed by atoms with van der Waals surface area (Å²) in [6.07, 6.45) is 0. The predicted molar refractivity (Wildman–Crippen MR) is 59.2 cm³/mol. The van der Waals surface area contributed by atoms with Crippen molar-refractivity contribution >= 4 is 21.4 Å². The molecular weight excluding hydrogens is 178 g/mol. The summed E-state index contributed by atoms with van der Waals surface area (Å²) in [5.74, 6) is 0. The molecule has 1 heterocycles. The summed E-state index contributed by atoms with van der Waals surface area (Å²) in [5, 5.41) is 1.32. The molecular formula is C11H13NS. The van der Waals surface area contributed by atoms with Gasteiger partial charge in [-0.25, -0.2) is 0 Å². The van der Waals surface area contributed by atoms with E-state index in [2.05, 4.69) is 31.2 Å². The molecule has 0 fully saturated rings. The van der Waals surface area contributed by atoms with Gasteiger partial charge >= 0.3 is 0 Å². The van der Waals surface area contributed by atoms with Crippen LogP contribution in [-0.2, 0) is 0 Å². The largest absolute Gasteiger partial charge is 0.324 e. The van der Waals surface area contributed by atoms with E-state index in [1.807, 2.05) is 18.3 Å². The molecule has 68 valence electrons. The number of hydrogen-bond donors (Lipinski definition) is 1. The zero-order chi connectivity index (χ0) is 9.42. The third-order valence-electron chi connectivity index (χ3n) is 2.19. The zero-order valence-corrected chi connectivity index (χ0v) is 8.69. The van der Waals surface area contributed by atoms with Gasteiger partial charge in [0.15, 0.2) is 0 Å². The minimum atomic E-state index is 0.127. The smallest absolute Gasteiger partial charge is 0.0393 e. The minimum Gasteiger partial charge on any atom is -0.324 e. The number of hydrogen-bond acceptors (Lipinski definition) is 2. The Hall–Kier alpha value is -0.860. The number of rotatable bonds is 1. The lowest BCUT2D eigenvalue weighted by Crippen LogP contribution is -2.04. The van der Waals surface area contributed by atoms with Crippen molar-refractivity contribution in [3.63, 3.8) is 0 Å². The van der Waals surface area contributed by atoms with Gasteiger partial charge in [0.05, 0.1) is 0 Å². The van der Waals surface area contributed by atoms with Gasteiger partial charge in [0.25, 0.3) is 0 Å². The van der Waals surface area contributed by atoms with E-state index in [9.17, 15) is 0 Å². The molecule has 0 aliphatic heterocycles. The summed E-state index contributed by atoms with van der Waals surface area (Å²) < 4.78 is 1.34. The van der Waals surface area contributed by atoms with E-state index >= 15 is 0 Å². The van der Waals surface area contributed by atoms with E-state index in [1.165, 1.54) is 20.5 Å². The summed E-state index contributed by atoms with van der Waals surface area (Å²) in [5.41, 5.74) is 7.16. The van der Waals surface area contributed by atoms with Crippen molar-refractivity contribution in [2.45, 2.75) is 19.9 Å². The average molecular weight is 191 g/mol. The molecule has 0 radical (unpaired) electrons. The highest BCUT2D eigenvalue weighted by atomic mass is 32.1. The molecule has 0 bridgehead atoms. The Morgan fingerprint density at radius 3 is 2.85 bits per heavy atom.